The van der Waals surface area contributed by atoms with Crippen molar-refractivity contribution in [3.63, 3.8) is 0 Å². The Morgan fingerprint density at radius 3 is 1.87 bits per heavy atom. The number of nitrogens with zero attached hydrogens (tertiary/aromatic N) is 3. The Labute approximate surface area is 268 Å². The van der Waals surface area contributed by atoms with Crippen molar-refractivity contribution in [3.05, 3.63) is 175 Å². The molecule has 0 atom stereocenters. The van der Waals surface area contributed by atoms with Crippen LogP contribution in [0.4, 0.5) is 17.1 Å². The molecule has 2 aromatic heterocycles. The Morgan fingerprint density at radius 2 is 1.07 bits per heavy atom. The van der Waals surface area contributed by atoms with Gasteiger partial charge in [-0.1, -0.05) is 127 Å². The average molecular weight is 588 g/mol. The molecule has 3 heterocycles. The fourth-order valence-corrected chi connectivity index (χ4v) is 6.78. The van der Waals surface area contributed by atoms with E-state index < -0.39 is 0 Å². The summed E-state index contributed by atoms with van der Waals surface area (Å²) in [6.07, 6.45) is 4.49. The molecular formula is C43H29N3. The lowest BCUT2D eigenvalue weighted by atomic mass is 10.0. The van der Waals surface area contributed by atoms with Gasteiger partial charge in [-0.2, -0.15) is 0 Å². The van der Waals surface area contributed by atoms with Crippen LogP contribution in [0.3, 0.4) is 0 Å². The highest BCUT2D eigenvalue weighted by Gasteiger charge is 2.23. The number of benzene rings is 6. The largest absolute Gasteiger partial charge is 0.309 e. The molecule has 0 unspecified atom stereocenters. The monoisotopic (exact) mass is 587 g/mol. The third-order valence-corrected chi connectivity index (χ3v) is 8.91. The molecule has 0 saturated carbocycles. The van der Waals surface area contributed by atoms with Gasteiger partial charge in [0.05, 0.1) is 28.1 Å². The molecule has 9 rings (SSSR count). The van der Waals surface area contributed by atoms with Gasteiger partial charge in [-0.25, -0.2) is 4.98 Å². The quantitative estimate of drug-likeness (QED) is 0.204. The van der Waals surface area contributed by atoms with E-state index in [9.17, 15) is 0 Å². The summed E-state index contributed by atoms with van der Waals surface area (Å²) in [5.41, 5.74) is 12.3. The molecule has 3 heteroatoms. The van der Waals surface area contributed by atoms with Crippen LogP contribution >= 0.6 is 0 Å². The zero-order chi connectivity index (χ0) is 30.5. The number of pyridine rings is 1. The molecule has 0 bridgehead atoms. The third-order valence-electron chi connectivity index (χ3n) is 8.91. The second kappa shape index (κ2) is 10.8. The summed E-state index contributed by atoms with van der Waals surface area (Å²) in [5, 5.41) is 2.40. The maximum atomic E-state index is 5.35. The predicted molar refractivity (Wildman–Crippen MR) is 193 cm³/mol. The number of aromatic nitrogens is 2. The number of hydrogen-bond donors (Lipinski definition) is 0. The lowest BCUT2D eigenvalue weighted by Crippen LogP contribution is -2.11. The highest BCUT2D eigenvalue weighted by atomic mass is 15.2. The minimum Gasteiger partial charge on any atom is -0.309 e. The van der Waals surface area contributed by atoms with Crippen LogP contribution in [-0.2, 0) is 0 Å². The van der Waals surface area contributed by atoms with Crippen molar-refractivity contribution in [2.45, 2.75) is 0 Å². The zero-order valence-electron chi connectivity index (χ0n) is 25.1. The predicted octanol–water partition coefficient (Wildman–Crippen LogP) is 11.5. The van der Waals surface area contributed by atoms with E-state index in [1.807, 2.05) is 0 Å². The van der Waals surface area contributed by atoms with E-state index in [1.54, 1.807) is 0 Å². The van der Waals surface area contributed by atoms with Gasteiger partial charge in [-0.05, 0) is 70.8 Å². The molecule has 6 aromatic carbocycles. The fraction of sp³-hybridized carbons (Fsp3) is 0. The Kier molecular flexibility index (Phi) is 6.14. The molecule has 8 aromatic rings. The van der Waals surface area contributed by atoms with Gasteiger partial charge in [0.15, 0.2) is 0 Å². The van der Waals surface area contributed by atoms with E-state index in [0.29, 0.717) is 0 Å². The SMILES string of the molecule is C1=Cc2cc3c4ccccc4n(-c4cc(-c5ccccc5)cc(-c5ccccc5)n4)c3cc2N(c2ccccc2)c2ccccc21. The molecule has 46 heavy (non-hydrogen) atoms. The van der Waals surface area contributed by atoms with Crippen LogP contribution in [0.15, 0.2) is 164 Å². The van der Waals surface area contributed by atoms with Crippen LogP contribution < -0.4 is 4.90 Å². The Hall–Kier alpha value is -6.19. The molecule has 0 fully saturated rings. The molecule has 0 amide bonds. The van der Waals surface area contributed by atoms with Gasteiger partial charge >= 0.3 is 0 Å². The number of fused-ring (bicyclic) bond motifs is 5. The first-order chi connectivity index (χ1) is 22.8. The first-order valence-corrected chi connectivity index (χ1v) is 15.6. The lowest BCUT2D eigenvalue weighted by Gasteiger charge is -2.27. The second-order valence-corrected chi connectivity index (χ2v) is 11.7. The van der Waals surface area contributed by atoms with Crippen molar-refractivity contribution >= 4 is 51.0 Å². The number of para-hydroxylation sites is 3. The number of anilines is 3. The average Bonchev–Trinajstić information content (AvgIpc) is 3.35. The van der Waals surface area contributed by atoms with Crippen molar-refractivity contribution in [3.8, 4) is 28.2 Å². The van der Waals surface area contributed by atoms with Crippen LogP contribution in [0, 0.1) is 0 Å². The van der Waals surface area contributed by atoms with Gasteiger partial charge in [0.1, 0.15) is 5.82 Å². The van der Waals surface area contributed by atoms with Gasteiger partial charge in [-0.3, -0.25) is 4.57 Å². The smallest absolute Gasteiger partial charge is 0.138 e. The van der Waals surface area contributed by atoms with Gasteiger partial charge in [0.25, 0.3) is 0 Å². The molecule has 216 valence electrons. The van der Waals surface area contributed by atoms with Gasteiger partial charge in [0.2, 0.25) is 0 Å². The summed E-state index contributed by atoms with van der Waals surface area (Å²) in [7, 11) is 0. The zero-order valence-corrected chi connectivity index (χ0v) is 25.1. The van der Waals surface area contributed by atoms with Crippen LogP contribution in [0.5, 0.6) is 0 Å². The fourth-order valence-electron chi connectivity index (χ4n) is 6.78. The van der Waals surface area contributed by atoms with Gasteiger partial charge in [-0.15, -0.1) is 0 Å². The third kappa shape index (κ3) is 4.33. The molecule has 0 aliphatic carbocycles. The normalized spacial score (nSPS) is 12.2. The lowest BCUT2D eigenvalue weighted by molar-refractivity contribution is 1.08. The summed E-state index contributed by atoms with van der Waals surface area (Å²) >= 11 is 0. The van der Waals surface area contributed by atoms with E-state index in [0.717, 1.165) is 56.3 Å². The summed E-state index contributed by atoms with van der Waals surface area (Å²) in [6.45, 7) is 0. The van der Waals surface area contributed by atoms with Crippen molar-refractivity contribution in [2.75, 3.05) is 4.90 Å². The topological polar surface area (TPSA) is 21.1 Å². The first kappa shape index (κ1) is 26.2. The second-order valence-electron chi connectivity index (χ2n) is 11.7. The van der Waals surface area contributed by atoms with E-state index in [2.05, 4.69) is 185 Å². The van der Waals surface area contributed by atoms with Crippen molar-refractivity contribution < 1.29 is 0 Å². The van der Waals surface area contributed by atoms with E-state index in [4.69, 9.17) is 4.98 Å². The highest BCUT2D eigenvalue weighted by molar-refractivity contribution is 6.12. The van der Waals surface area contributed by atoms with Crippen LogP contribution in [0.2, 0.25) is 0 Å². The van der Waals surface area contributed by atoms with Crippen LogP contribution in [0.25, 0.3) is 62.2 Å². The minimum atomic E-state index is 0.891. The first-order valence-electron chi connectivity index (χ1n) is 15.6. The van der Waals surface area contributed by atoms with E-state index >= 15 is 0 Å². The molecule has 3 nitrogen and oxygen atoms in total. The molecule has 0 N–H and O–H groups in total. The summed E-state index contributed by atoms with van der Waals surface area (Å²) < 4.78 is 2.34. The molecular weight excluding hydrogens is 558 g/mol. The maximum absolute atomic E-state index is 5.35. The minimum absolute atomic E-state index is 0.891. The maximum Gasteiger partial charge on any atom is 0.138 e. The van der Waals surface area contributed by atoms with E-state index in [-0.39, 0.29) is 0 Å². The number of rotatable bonds is 4. The van der Waals surface area contributed by atoms with Gasteiger partial charge in [0, 0.05) is 22.0 Å². The Morgan fingerprint density at radius 1 is 0.413 bits per heavy atom. The molecule has 0 spiro atoms. The molecule has 1 aliphatic heterocycles. The van der Waals surface area contributed by atoms with Crippen LogP contribution in [0.1, 0.15) is 11.1 Å². The number of hydrogen-bond acceptors (Lipinski definition) is 2. The highest BCUT2D eigenvalue weighted by Crippen LogP contribution is 2.45. The Bertz CT molecular complexity index is 2350. The molecule has 0 saturated heterocycles. The molecule has 0 radical (unpaired) electrons. The van der Waals surface area contributed by atoms with Gasteiger partial charge < -0.3 is 4.90 Å². The molecule has 1 aliphatic rings. The van der Waals surface area contributed by atoms with Crippen LogP contribution in [-0.4, -0.2) is 9.55 Å². The summed E-state index contributed by atoms with van der Waals surface area (Å²) in [5.74, 6) is 0.891. The van der Waals surface area contributed by atoms with Crippen molar-refractivity contribution in [2.24, 2.45) is 0 Å². The summed E-state index contributed by atoms with van der Waals surface area (Å²) in [6, 6.07) is 58.1. The van der Waals surface area contributed by atoms with Crippen molar-refractivity contribution in [1.82, 2.24) is 9.55 Å². The standard InChI is InChI=1S/C43H29N3/c1-4-14-30(15-5-1)34-27-38(31-16-6-2-7-17-31)44-43(28-34)46-40-23-13-11-21-36(40)37-26-33-25-24-32-18-10-12-22-39(32)45(41(33)29-42(37)46)35-19-8-3-9-20-35/h1-29H. The Balaban J connectivity index is 1.36. The summed E-state index contributed by atoms with van der Waals surface area (Å²) in [4.78, 5) is 7.74. The van der Waals surface area contributed by atoms with Crippen molar-refractivity contribution in [1.29, 1.82) is 0 Å². The van der Waals surface area contributed by atoms with E-state index in [1.165, 1.54) is 21.9 Å².